The minimum Gasteiger partial charge on any atom is -0.619 e. The van der Waals surface area contributed by atoms with E-state index in [9.17, 15) is 14.8 Å². The Hall–Kier alpha value is -3.87. The van der Waals surface area contributed by atoms with Crippen molar-refractivity contribution in [2.75, 3.05) is 41.0 Å². The number of carbonyl (C=O) groups excluding carboxylic acids is 2. The van der Waals surface area contributed by atoms with Crippen LogP contribution in [0.25, 0.3) is 0 Å². The number of hydrogen-bond donors (Lipinski definition) is 1. The first-order valence-electron chi connectivity index (χ1n) is 16.2. The van der Waals surface area contributed by atoms with E-state index in [0.29, 0.717) is 51.3 Å². The lowest BCUT2D eigenvalue weighted by Gasteiger charge is -2.32. The molecule has 50 heavy (non-hydrogen) atoms. The van der Waals surface area contributed by atoms with Crippen LogP contribution in [-0.2, 0) is 32.8 Å². The molecule has 10 nitrogen and oxygen atoms in total. The summed E-state index contributed by atoms with van der Waals surface area (Å²) >= 11 is 14.1. The van der Waals surface area contributed by atoms with Gasteiger partial charge in [0.25, 0.3) is 0 Å². The third-order valence-corrected chi connectivity index (χ3v) is 10.7. The van der Waals surface area contributed by atoms with Gasteiger partial charge in [0.2, 0.25) is 0 Å². The van der Waals surface area contributed by atoms with Gasteiger partial charge in [0, 0.05) is 23.4 Å². The second-order valence-corrected chi connectivity index (χ2v) is 14.4. The topological polar surface area (TPSA) is 113 Å². The zero-order valence-electron chi connectivity index (χ0n) is 28.4. The van der Waals surface area contributed by atoms with Gasteiger partial charge in [-0.3, -0.25) is 5.32 Å². The molecule has 0 saturated carbocycles. The van der Waals surface area contributed by atoms with E-state index in [2.05, 4.69) is 17.3 Å². The highest BCUT2D eigenvalue weighted by atomic mass is 35.5. The third-order valence-electron chi connectivity index (χ3n) is 9.00. The molecule has 1 aliphatic rings. The van der Waals surface area contributed by atoms with E-state index in [1.54, 1.807) is 24.3 Å². The maximum Gasteiger partial charge on any atom is 0.348 e. The zero-order chi connectivity index (χ0) is 35.8. The predicted molar refractivity (Wildman–Crippen MR) is 193 cm³/mol. The molecule has 0 amide bonds. The fourth-order valence-electron chi connectivity index (χ4n) is 5.86. The molecule has 266 valence electrons. The van der Waals surface area contributed by atoms with E-state index < -0.39 is 17.6 Å². The predicted octanol–water partition coefficient (Wildman–Crippen LogP) is 6.74. The van der Waals surface area contributed by atoms with Gasteiger partial charge in [0.1, 0.15) is 26.6 Å². The van der Waals surface area contributed by atoms with Crippen molar-refractivity contribution < 1.29 is 33.3 Å². The van der Waals surface area contributed by atoms with E-state index in [4.69, 9.17) is 42.1 Å². The first-order valence-corrected chi connectivity index (χ1v) is 17.8. The molecule has 2 aromatic carbocycles. The standard InChI is InChI=1S/C37H41Cl2N3O7S/c1-37(26-8-6-5-7-9-26,36(44)48-23-24-14-16-41(2)17-15-24)40-20-27-11-13-34(50-27)35(43)49-32(19-28-29(38)21-42(45)22-30(28)39)25-10-12-31(46-3)33(18-25)47-4/h5-13,18,21-22,24,32,40H,14-17,19-20,23H2,1-4H3. The summed E-state index contributed by atoms with van der Waals surface area (Å²) in [5.41, 5.74) is 0.722. The minimum atomic E-state index is -1.12. The lowest BCUT2D eigenvalue weighted by atomic mass is 9.91. The van der Waals surface area contributed by atoms with Gasteiger partial charge in [-0.15, -0.1) is 11.3 Å². The lowest BCUT2D eigenvalue weighted by Crippen LogP contribution is -2.47. The van der Waals surface area contributed by atoms with Crippen LogP contribution in [0, 0.1) is 11.1 Å². The third kappa shape index (κ3) is 9.07. The summed E-state index contributed by atoms with van der Waals surface area (Å²) in [7, 11) is 5.15. The Morgan fingerprint density at radius 1 is 1.02 bits per heavy atom. The Labute approximate surface area is 306 Å². The van der Waals surface area contributed by atoms with Crippen molar-refractivity contribution >= 4 is 46.5 Å². The largest absolute Gasteiger partial charge is 0.619 e. The SMILES string of the molecule is COc1ccc(C(Cc2c(Cl)c[n+]([O-])cc2Cl)OC(=O)c2ccc(CNC(C)(C(=O)OCC3CCN(C)CC3)c3ccccc3)s2)cc1OC. The smallest absolute Gasteiger partial charge is 0.348 e. The van der Waals surface area contributed by atoms with Crippen molar-refractivity contribution in [1.82, 2.24) is 10.2 Å². The Kier molecular flexibility index (Phi) is 12.6. The van der Waals surface area contributed by atoms with Crippen molar-refractivity contribution in [2.45, 2.75) is 44.4 Å². The molecule has 2 atom stereocenters. The van der Waals surface area contributed by atoms with E-state index in [-0.39, 0.29) is 22.4 Å². The number of aromatic nitrogens is 1. The van der Waals surface area contributed by atoms with Crippen LogP contribution in [0.15, 0.2) is 73.1 Å². The number of benzene rings is 2. The summed E-state index contributed by atoms with van der Waals surface area (Å²) in [5.74, 6) is 0.377. The number of thiophene rings is 1. The number of esters is 2. The van der Waals surface area contributed by atoms with Crippen LogP contribution >= 0.6 is 34.5 Å². The van der Waals surface area contributed by atoms with Crippen LogP contribution in [0.5, 0.6) is 11.5 Å². The van der Waals surface area contributed by atoms with Gasteiger partial charge in [-0.2, -0.15) is 4.73 Å². The van der Waals surface area contributed by atoms with Crippen molar-refractivity contribution in [2.24, 2.45) is 5.92 Å². The Balaban J connectivity index is 1.32. The molecule has 0 spiro atoms. The van der Waals surface area contributed by atoms with Gasteiger partial charge in [-0.05, 0) is 81.2 Å². The van der Waals surface area contributed by atoms with E-state index in [1.165, 1.54) is 38.0 Å². The van der Waals surface area contributed by atoms with Crippen molar-refractivity contribution in [3.05, 3.63) is 115 Å². The molecule has 0 bridgehead atoms. The van der Waals surface area contributed by atoms with E-state index >= 15 is 0 Å². The number of piperidine rings is 1. The zero-order valence-corrected chi connectivity index (χ0v) is 30.8. The van der Waals surface area contributed by atoms with Gasteiger partial charge in [0.15, 0.2) is 23.9 Å². The number of hydrogen-bond acceptors (Lipinski definition) is 10. The first kappa shape index (κ1) is 37.4. The highest BCUT2D eigenvalue weighted by Crippen LogP contribution is 2.36. The highest BCUT2D eigenvalue weighted by Gasteiger charge is 2.37. The van der Waals surface area contributed by atoms with Gasteiger partial charge < -0.3 is 29.1 Å². The molecular formula is C37H41Cl2N3O7S. The number of halogens is 2. The highest BCUT2D eigenvalue weighted by molar-refractivity contribution is 7.13. The van der Waals surface area contributed by atoms with E-state index in [0.717, 1.165) is 36.4 Å². The summed E-state index contributed by atoms with van der Waals surface area (Å²) in [6, 6.07) is 18.2. The number of methoxy groups -OCH3 is 2. The summed E-state index contributed by atoms with van der Waals surface area (Å²) < 4.78 is 23.4. The average molecular weight is 743 g/mol. The van der Waals surface area contributed by atoms with Crippen LogP contribution < -0.4 is 19.5 Å². The number of nitrogens with zero attached hydrogens (tertiary/aromatic N) is 2. The molecule has 5 rings (SSSR count). The van der Waals surface area contributed by atoms with Crippen molar-refractivity contribution in [1.29, 1.82) is 0 Å². The molecule has 2 aromatic heterocycles. The summed E-state index contributed by atoms with van der Waals surface area (Å²) in [4.78, 5) is 30.7. The van der Waals surface area contributed by atoms with Crippen LogP contribution in [-0.4, -0.2) is 57.8 Å². The molecule has 0 aliphatic carbocycles. The van der Waals surface area contributed by atoms with E-state index in [1.807, 2.05) is 43.3 Å². The van der Waals surface area contributed by atoms with Crippen molar-refractivity contribution in [3.63, 3.8) is 0 Å². The number of pyridine rings is 1. The van der Waals surface area contributed by atoms with Gasteiger partial charge in [-0.25, -0.2) is 9.59 Å². The molecule has 13 heteroatoms. The first-order chi connectivity index (χ1) is 24.0. The summed E-state index contributed by atoms with van der Waals surface area (Å²) in [6.07, 6.45) is 3.63. The fourth-order valence-corrected chi connectivity index (χ4v) is 7.28. The van der Waals surface area contributed by atoms with Crippen molar-refractivity contribution in [3.8, 4) is 11.5 Å². The van der Waals surface area contributed by atoms with Gasteiger partial charge >= 0.3 is 11.9 Å². The maximum atomic E-state index is 13.6. The van der Waals surface area contributed by atoms with Crippen LogP contribution in [0.4, 0.5) is 0 Å². The molecule has 2 unspecified atom stereocenters. The molecule has 0 radical (unpaired) electrons. The Bertz CT molecular complexity index is 1760. The average Bonchev–Trinajstić information content (AvgIpc) is 3.60. The normalized spacial score (nSPS) is 15.6. The number of rotatable bonds is 14. The molecular weight excluding hydrogens is 701 g/mol. The molecule has 1 N–H and O–H groups in total. The van der Waals surface area contributed by atoms with Gasteiger partial charge in [-0.1, -0.05) is 59.6 Å². The number of ether oxygens (including phenoxy) is 4. The molecule has 1 saturated heterocycles. The Morgan fingerprint density at radius 2 is 1.70 bits per heavy atom. The van der Waals surface area contributed by atoms with Crippen LogP contribution in [0.3, 0.4) is 0 Å². The van der Waals surface area contributed by atoms with Crippen LogP contribution in [0.2, 0.25) is 10.0 Å². The molecule has 4 aromatic rings. The van der Waals surface area contributed by atoms with Crippen LogP contribution in [0.1, 0.15) is 57.1 Å². The number of likely N-dealkylation sites (tertiary alicyclic amines) is 1. The fraction of sp³-hybridized carbons (Fsp3) is 0.378. The quantitative estimate of drug-likeness (QED) is 0.0854. The van der Waals surface area contributed by atoms with Gasteiger partial charge in [0.05, 0.1) is 20.8 Å². The molecule has 3 heterocycles. The number of carbonyl (C=O) groups is 2. The lowest BCUT2D eigenvalue weighted by molar-refractivity contribution is -0.605. The molecule has 1 aliphatic heterocycles. The Morgan fingerprint density at radius 3 is 2.36 bits per heavy atom. The maximum absolute atomic E-state index is 13.6. The molecule has 1 fully saturated rings. The monoisotopic (exact) mass is 741 g/mol. The summed E-state index contributed by atoms with van der Waals surface area (Å²) in [5, 5.41) is 15.6. The second-order valence-electron chi connectivity index (χ2n) is 12.5. The minimum absolute atomic E-state index is 0.0919. The summed E-state index contributed by atoms with van der Waals surface area (Å²) in [6.45, 7) is 4.48. The number of nitrogens with one attached hydrogen (secondary N) is 1. The second kappa shape index (κ2) is 16.9.